The van der Waals surface area contributed by atoms with Crippen LogP contribution in [-0.4, -0.2) is 12.5 Å². The summed E-state index contributed by atoms with van der Waals surface area (Å²) in [5.41, 5.74) is 6.30. The minimum absolute atomic E-state index is 0.244. The van der Waals surface area contributed by atoms with Gasteiger partial charge in [0.2, 0.25) is 0 Å². The molecule has 0 aliphatic rings. The third-order valence-electron chi connectivity index (χ3n) is 3.02. The second kappa shape index (κ2) is 5.87. The summed E-state index contributed by atoms with van der Waals surface area (Å²) in [7, 11) is 0. The molecule has 0 heterocycles. The van der Waals surface area contributed by atoms with Crippen molar-refractivity contribution in [1.29, 1.82) is 0 Å². The number of nitrogens with zero attached hydrogens (tertiary/aromatic N) is 1. The summed E-state index contributed by atoms with van der Waals surface area (Å²) in [6, 6.07) is 7.96. The van der Waals surface area contributed by atoms with Gasteiger partial charge < -0.3 is 10.6 Å². The number of amides is 1. The summed E-state index contributed by atoms with van der Waals surface area (Å²) >= 11 is 0. The van der Waals surface area contributed by atoms with Crippen molar-refractivity contribution >= 4 is 17.3 Å². The standard InChI is InChI=1S/C15H13F3N2O/c1-2-20(13-6-4-3-5-12(13)19)15(21)9-7-10(16)14(18)11(17)8-9/h3-8H,2,19H2,1H3. The van der Waals surface area contributed by atoms with E-state index in [2.05, 4.69) is 0 Å². The summed E-state index contributed by atoms with van der Waals surface area (Å²) in [6.45, 7) is 1.94. The van der Waals surface area contributed by atoms with Crippen LogP contribution in [0.2, 0.25) is 0 Å². The van der Waals surface area contributed by atoms with Gasteiger partial charge in [-0.05, 0) is 31.2 Å². The normalized spacial score (nSPS) is 10.5. The number of nitrogens with two attached hydrogens (primary N) is 1. The SMILES string of the molecule is CCN(C(=O)c1cc(F)c(F)c(F)c1)c1ccccc1N. The smallest absolute Gasteiger partial charge is 0.258 e. The fourth-order valence-corrected chi connectivity index (χ4v) is 1.99. The molecule has 0 atom stereocenters. The van der Waals surface area contributed by atoms with E-state index in [-0.39, 0.29) is 12.1 Å². The van der Waals surface area contributed by atoms with Gasteiger partial charge in [-0.25, -0.2) is 13.2 Å². The maximum absolute atomic E-state index is 13.2. The van der Waals surface area contributed by atoms with Crippen LogP contribution in [0.3, 0.4) is 0 Å². The molecule has 1 amide bonds. The van der Waals surface area contributed by atoms with Gasteiger partial charge in [-0.15, -0.1) is 0 Å². The molecule has 0 bridgehead atoms. The molecule has 0 aliphatic carbocycles. The van der Waals surface area contributed by atoms with Gasteiger partial charge in [0.15, 0.2) is 17.5 Å². The first-order chi connectivity index (χ1) is 9.95. The Bertz CT molecular complexity index is 665. The number of para-hydroxylation sites is 2. The molecular formula is C15H13F3N2O. The van der Waals surface area contributed by atoms with E-state index < -0.39 is 23.4 Å². The van der Waals surface area contributed by atoms with Crippen LogP contribution < -0.4 is 10.6 Å². The Morgan fingerprint density at radius 1 is 1.14 bits per heavy atom. The predicted octanol–water partition coefficient (Wildman–Crippen LogP) is 3.35. The fraction of sp³-hybridized carbons (Fsp3) is 0.133. The van der Waals surface area contributed by atoms with Crippen LogP contribution in [0.4, 0.5) is 24.5 Å². The molecule has 2 aromatic rings. The van der Waals surface area contributed by atoms with Gasteiger partial charge in [-0.2, -0.15) is 0 Å². The highest BCUT2D eigenvalue weighted by atomic mass is 19.2. The predicted molar refractivity (Wildman–Crippen MR) is 74.5 cm³/mol. The van der Waals surface area contributed by atoms with E-state index in [0.717, 1.165) is 0 Å². The molecule has 3 nitrogen and oxygen atoms in total. The number of anilines is 2. The van der Waals surface area contributed by atoms with Gasteiger partial charge in [0, 0.05) is 12.1 Å². The molecule has 21 heavy (non-hydrogen) atoms. The Morgan fingerprint density at radius 2 is 1.71 bits per heavy atom. The summed E-state index contributed by atoms with van der Waals surface area (Å²) < 4.78 is 39.4. The number of nitrogen functional groups attached to an aromatic ring is 1. The van der Waals surface area contributed by atoms with Crippen LogP contribution in [-0.2, 0) is 0 Å². The maximum Gasteiger partial charge on any atom is 0.258 e. The zero-order valence-corrected chi connectivity index (χ0v) is 11.2. The molecule has 6 heteroatoms. The van der Waals surface area contributed by atoms with E-state index in [1.807, 2.05) is 0 Å². The minimum Gasteiger partial charge on any atom is -0.397 e. The summed E-state index contributed by atoms with van der Waals surface area (Å²) in [5.74, 6) is -5.08. The van der Waals surface area contributed by atoms with Crippen molar-refractivity contribution < 1.29 is 18.0 Å². The molecule has 0 aromatic heterocycles. The van der Waals surface area contributed by atoms with E-state index >= 15 is 0 Å². The first kappa shape index (κ1) is 14.9. The molecule has 0 radical (unpaired) electrons. The molecular weight excluding hydrogens is 281 g/mol. The average molecular weight is 294 g/mol. The average Bonchev–Trinajstić information content (AvgIpc) is 2.46. The lowest BCUT2D eigenvalue weighted by Gasteiger charge is -2.22. The van der Waals surface area contributed by atoms with E-state index in [9.17, 15) is 18.0 Å². The van der Waals surface area contributed by atoms with Crippen molar-refractivity contribution in [3.05, 3.63) is 59.4 Å². The van der Waals surface area contributed by atoms with Crippen LogP contribution in [0.25, 0.3) is 0 Å². The molecule has 2 N–H and O–H groups in total. The Labute approximate surface area is 119 Å². The lowest BCUT2D eigenvalue weighted by atomic mass is 10.1. The molecule has 0 saturated heterocycles. The third-order valence-corrected chi connectivity index (χ3v) is 3.02. The van der Waals surface area contributed by atoms with Gasteiger partial charge >= 0.3 is 0 Å². The summed E-state index contributed by atoms with van der Waals surface area (Å²) in [6.07, 6.45) is 0. The van der Waals surface area contributed by atoms with Gasteiger partial charge in [0.25, 0.3) is 5.91 Å². The highest BCUT2D eigenvalue weighted by Gasteiger charge is 2.21. The molecule has 2 aromatic carbocycles. The Kier molecular flexibility index (Phi) is 4.16. The van der Waals surface area contributed by atoms with E-state index in [4.69, 9.17) is 5.73 Å². The first-order valence-electron chi connectivity index (χ1n) is 6.26. The van der Waals surface area contributed by atoms with Crippen LogP contribution in [0.1, 0.15) is 17.3 Å². The second-order valence-corrected chi connectivity index (χ2v) is 4.36. The Hall–Kier alpha value is -2.50. The topological polar surface area (TPSA) is 46.3 Å². The van der Waals surface area contributed by atoms with E-state index in [0.29, 0.717) is 23.5 Å². The highest BCUT2D eigenvalue weighted by molar-refractivity contribution is 6.07. The number of rotatable bonds is 3. The fourth-order valence-electron chi connectivity index (χ4n) is 1.99. The highest BCUT2D eigenvalue weighted by Crippen LogP contribution is 2.25. The number of benzene rings is 2. The third kappa shape index (κ3) is 2.84. The number of halogens is 3. The number of hydrogen-bond acceptors (Lipinski definition) is 2. The lowest BCUT2D eigenvalue weighted by molar-refractivity contribution is 0.0987. The van der Waals surface area contributed by atoms with Crippen molar-refractivity contribution in [2.75, 3.05) is 17.2 Å². The molecule has 0 spiro atoms. The van der Waals surface area contributed by atoms with Gasteiger partial charge in [0.1, 0.15) is 0 Å². The largest absolute Gasteiger partial charge is 0.397 e. The summed E-state index contributed by atoms with van der Waals surface area (Å²) in [4.78, 5) is 13.6. The van der Waals surface area contributed by atoms with Crippen molar-refractivity contribution in [3.63, 3.8) is 0 Å². The zero-order valence-electron chi connectivity index (χ0n) is 11.2. The molecule has 0 saturated carbocycles. The minimum atomic E-state index is -1.60. The van der Waals surface area contributed by atoms with Gasteiger partial charge in [0.05, 0.1) is 11.4 Å². The monoisotopic (exact) mass is 294 g/mol. The van der Waals surface area contributed by atoms with Crippen molar-refractivity contribution in [2.45, 2.75) is 6.92 Å². The van der Waals surface area contributed by atoms with Crippen molar-refractivity contribution in [3.8, 4) is 0 Å². The molecule has 0 fully saturated rings. The molecule has 2 rings (SSSR count). The number of hydrogen-bond donors (Lipinski definition) is 1. The molecule has 0 aliphatic heterocycles. The quantitative estimate of drug-likeness (QED) is 0.697. The second-order valence-electron chi connectivity index (χ2n) is 4.36. The molecule has 110 valence electrons. The van der Waals surface area contributed by atoms with Crippen LogP contribution in [0.5, 0.6) is 0 Å². The van der Waals surface area contributed by atoms with Crippen LogP contribution in [0.15, 0.2) is 36.4 Å². The maximum atomic E-state index is 13.2. The van der Waals surface area contributed by atoms with Gasteiger partial charge in [-0.3, -0.25) is 4.79 Å². The zero-order chi connectivity index (χ0) is 15.6. The summed E-state index contributed by atoms with van der Waals surface area (Å²) in [5, 5.41) is 0. The Balaban J connectivity index is 2.44. The van der Waals surface area contributed by atoms with Crippen LogP contribution in [0, 0.1) is 17.5 Å². The Morgan fingerprint density at radius 3 is 2.24 bits per heavy atom. The van der Waals surface area contributed by atoms with E-state index in [1.165, 1.54) is 4.90 Å². The van der Waals surface area contributed by atoms with Crippen molar-refractivity contribution in [1.82, 2.24) is 0 Å². The first-order valence-corrected chi connectivity index (χ1v) is 6.26. The van der Waals surface area contributed by atoms with E-state index in [1.54, 1.807) is 31.2 Å². The lowest BCUT2D eigenvalue weighted by Crippen LogP contribution is -2.31. The van der Waals surface area contributed by atoms with Crippen LogP contribution >= 0.6 is 0 Å². The van der Waals surface area contributed by atoms with Gasteiger partial charge in [-0.1, -0.05) is 12.1 Å². The number of carbonyl (C=O) groups is 1. The molecule has 0 unspecified atom stereocenters. The number of carbonyl (C=O) groups excluding carboxylic acids is 1. The van der Waals surface area contributed by atoms with Crippen molar-refractivity contribution in [2.24, 2.45) is 0 Å².